The molecule has 0 bridgehead atoms. The minimum atomic E-state index is -0.253. The zero-order valence-corrected chi connectivity index (χ0v) is 15.3. The van der Waals surface area contributed by atoms with Crippen molar-refractivity contribution in [2.24, 2.45) is 0 Å². The minimum absolute atomic E-state index is 0.253. The van der Waals surface area contributed by atoms with E-state index in [1.807, 2.05) is 35.2 Å². The van der Waals surface area contributed by atoms with Crippen LogP contribution in [0.4, 0.5) is 0 Å². The van der Waals surface area contributed by atoms with E-state index in [1.54, 1.807) is 12.1 Å². The van der Waals surface area contributed by atoms with Crippen LogP contribution in [-0.4, -0.2) is 48.8 Å². The predicted molar refractivity (Wildman–Crippen MR) is 105 cm³/mol. The van der Waals surface area contributed by atoms with Crippen molar-refractivity contribution in [2.45, 2.75) is 6.42 Å². The molecule has 0 atom stereocenters. The first kappa shape index (κ1) is 18.4. The van der Waals surface area contributed by atoms with Gasteiger partial charge in [-0.15, -0.1) is 0 Å². The lowest BCUT2D eigenvalue weighted by Gasteiger charge is -2.29. The van der Waals surface area contributed by atoms with Gasteiger partial charge in [0, 0.05) is 19.5 Å². The molecule has 2 aromatic rings. The molecule has 0 aromatic heterocycles. The summed E-state index contributed by atoms with van der Waals surface area (Å²) < 4.78 is 11.2. The largest absolute Gasteiger partial charge is 0.492 e. The number of nitrogens with zero attached hydrogens (tertiary/aromatic N) is 1. The second-order valence-electron chi connectivity index (χ2n) is 5.94. The molecule has 2 aromatic carbocycles. The minimum Gasteiger partial charge on any atom is -0.492 e. The second kappa shape index (κ2) is 9.31. The molecule has 1 saturated heterocycles. The molecule has 1 aliphatic rings. The fraction of sp³-hybridized carbons (Fsp3) is 0.300. The predicted octanol–water partition coefficient (Wildman–Crippen LogP) is 2.66. The van der Waals surface area contributed by atoms with Crippen LogP contribution in [-0.2, 0) is 11.2 Å². The van der Waals surface area contributed by atoms with Crippen molar-refractivity contribution in [3.05, 3.63) is 65.7 Å². The summed E-state index contributed by atoms with van der Waals surface area (Å²) in [6.07, 6.45) is 0.781. The topological polar surface area (TPSA) is 50.8 Å². The molecule has 0 radical (unpaired) electrons. The molecule has 0 saturated carbocycles. The molecule has 1 N–H and O–H groups in total. The molecule has 1 heterocycles. The summed E-state index contributed by atoms with van der Waals surface area (Å²) in [4.78, 5) is 14.6. The van der Waals surface area contributed by atoms with Gasteiger partial charge in [-0.05, 0) is 29.9 Å². The number of morpholine rings is 1. The third-order valence-electron chi connectivity index (χ3n) is 4.14. The highest BCUT2D eigenvalue weighted by atomic mass is 32.1. The van der Waals surface area contributed by atoms with E-state index in [-0.39, 0.29) is 5.91 Å². The van der Waals surface area contributed by atoms with Gasteiger partial charge in [-0.2, -0.15) is 0 Å². The van der Waals surface area contributed by atoms with Gasteiger partial charge >= 0.3 is 0 Å². The number of hydrogen-bond acceptors (Lipinski definition) is 4. The maximum absolute atomic E-state index is 12.6. The Morgan fingerprint density at radius 3 is 2.54 bits per heavy atom. The lowest BCUT2D eigenvalue weighted by atomic mass is 10.1. The fourth-order valence-corrected chi connectivity index (χ4v) is 2.99. The number of benzene rings is 2. The van der Waals surface area contributed by atoms with Crippen LogP contribution in [0, 0.1) is 0 Å². The van der Waals surface area contributed by atoms with E-state index < -0.39 is 0 Å². The Kier molecular flexibility index (Phi) is 6.57. The molecular formula is C20H22N2O3S. The molecule has 1 amide bonds. The number of ether oxygens (including phenoxy) is 2. The van der Waals surface area contributed by atoms with Crippen LogP contribution >= 0.6 is 12.2 Å². The SMILES string of the molecule is O=C(NC(=S)N1CCOCC1)c1ccccc1OCCc1ccccc1. The van der Waals surface area contributed by atoms with Crippen molar-refractivity contribution in [2.75, 3.05) is 32.9 Å². The molecule has 26 heavy (non-hydrogen) atoms. The number of rotatable bonds is 5. The quantitative estimate of drug-likeness (QED) is 0.820. The average molecular weight is 370 g/mol. The molecule has 1 fully saturated rings. The van der Waals surface area contributed by atoms with Crippen LogP contribution in [0.15, 0.2) is 54.6 Å². The van der Waals surface area contributed by atoms with Crippen molar-refractivity contribution in [1.29, 1.82) is 0 Å². The summed E-state index contributed by atoms with van der Waals surface area (Å²) in [6, 6.07) is 17.3. The van der Waals surface area contributed by atoms with E-state index in [0.717, 1.165) is 6.42 Å². The van der Waals surface area contributed by atoms with E-state index in [1.165, 1.54) is 5.56 Å². The second-order valence-corrected chi connectivity index (χ2v) is 6.33. The van der Waals surface area contributed by atoms with E-state index in [2.05, 4.69) is 17.4 Å². The Morgan fingerprint density at radius 2 is 1.77 bits per heavy atom. The Balaban J connectivity index is 1.58. The average Bonchev–Trinajstić information content (AvgIpc) is 2.70. The van der Waals surface area contributed by atoms with Gasteiger partial charge in [0.2, 0.25) is 0 Å². The molecular weight excluding hydrogens is 348 g/mol. The van der Waals surface area contributed by atoms with E-state index >= 15 is 0 Å². The summed E-state index contributed by atoms with van der Waals surface area (Å²) in [5.74, 6) is 0.308. The zero-order valence-electron chi connectivity index (χ0n) is 14.5. The molecule has 1 aliphatic heterocycles. The van der Waals surface area contributed by atoms with Crippen LogP contribution < -0.4 is 10.1 Å². The number of carbonyl (C=O) groups excluding carboxylic acids is 1. The van der Waals surface area contributed by atoms with Gasteiger partial charge in [-0.25, -0.2) is 0 Å². The number of amides is 1. The zero-order chi connectivity index (χ0) is 18.2. The third kappa shape index (κ3) is 5.03. The third-order valence-corrected chi connectivity index (χ3v) is 4.50. The first-order valence-electron chi connectivity index (χ1n) is 8.68. The van der Waals surface area contributed by atoms with Crippen LogP contribution in [0.25, 0.3) is 0 Å². The summed E-state index contributed by atoms with van der Waals surface area (Å²) in [5, 5.41) is 3.23. The standard InChI is InChI=1S/C20H22N2O3S/c23-19(21-20(26)22-11-14-24-15-12-22)17-8-4-5-9-18(17)25-13-10-16-6-2-1-3-7-16/h1-9H,10-15H2,(H,21,23,26). The summed E-state index contributed by atoms with van der Waals surface area (Å²) >= 11 is 5.34. The van der Waals surface area contributed by atoms with Crippen molar-refractivity contribution in [1.82, 2.24) is 10.2 Å². The number of para-hydroxylation sites is 1. The van der Waals surface area contributed by atoms with Gasteiger partial charge in [-0.1, -0.05) is 42.5 Å². The monoisotopic (exact) mass is 370 g/mol. The van der Waals surface area contributed by atoms with E-state index in [4.69, 9.17) is 21.7 Å². The number of carbonyl (C=O) groups is 1. The van der Waals surface area contributed by atoms with Gasteiger partial charge in [-0.3, -0.25) is 10.1 Å². The maximum Gasteiger partial charge on any atom is 0.261 e. The lowest BCUT2D eigenvalue weighted by molar-refractivity contribution is 0.0669. The van der Waals surface area contributed by atoms with E-state index in [0.29, 0.717) is 49.3 Å². The summed E-state index contributed by atoms with van der Waals surface area (Å²) in [7, 11) is 0. The van der Waals surface area contributed by atoms with E-state index in [9.17, 15) is 4.79 Å². The van der Waals surface area contributed by atoms with Crippen LogP contribution in [0.3, 0.4) is 0 Å². The molecule has 136 valence electrons. The smallest absolute Gasteiger partial charge is 0.261 e. The molecule has 0 spiro atoms. The van der Waals surface area contributed by atoms with Crippen molar-refractivity contribution in [3.8, 4) is 5.75 Å². The summed E-state index contributed by atoms with van der Waals surface area (Å²) in [6.45, 7) is 3.12. The summed E-state index contributed by atoms with van der Waals surface area (Å²) in [5.41, 5.74) is 1.68. The normalized spacial score (nSPS) is 13.9. The molecule has 0 aliphatic carbocycles. The van der Waals surface area contributed by atoms with Crippen molar-refractivity contribution in [3.63, 3.8) is 0 Å². The molecule has 6 heteroatoms. The Hall–Kier alpha value is -2.44. The molecule has 0 unspecified atom stereocenters. The maximum atomic E-state index is 12.6. The first-order chi connectivity index (χ1) is 12.7. The van der Waals surface area contributed by atoms with Gasteiger partial charge in [0.05, 0.1) is 25.4 Å². The molecule has 5 nitrogen and oxygen atoms in total. The van der Waals surface area contributed by atoms with Gasteiger partial charge in [0.15, 0.2) is 5.11 Å². The van der Waals surface area contributed by atoms with Crippen LogP contribution in [0.1, 0.15) is 15.9 Å². The Bertz CT molecular complexity index is 746. The van der Waals surface area contributed by atoms with Crippen LogP contribution in [0.5, 0.6) is 5.75 Å². The highest BCUT2D eigenvalue weighted by Crippen LogP contribution is 2.18. The first-order valence-corrected chi connectivity index (χ1v) is 9.08. The van der Waals surface area contributed by atoms with Gasteiger partial charge < -0.3 is 14.4 Å². The highest BCUT2D eigenvalue weighted by molar-refractivity contribution is 7.80. The number of hydrogen-bond donors (Lipinski definition) is 1. The lowest BCUT2D eigenvalue weighted by Crippen LogP contribution is -2.47. The van der Waals surface area contributed by atoms with Crippen LogP contribution in [0.2, 0.25) is 0 Å². The Morgan fingerprint density at radius 1 is 1.08 bits per heavy atom. The van der Waals surface area contributed by atoms with Crippen molar-refractivity contribution >= 4 is 23.2 Å². The number of nitrogens with one attached hydrogen (secondary N) is 1. The number of thiocarbonyl (C=S) groups is 1. The molecule has 3 rings (SSSR count). The fourth-order valence-electron chi connectivity index (χ4n) is 2.71. The van der Waals surface area contributed by atoms with Gasteiger partial charge in [0.1, 0.15) is 5.75 Å². The van der Waals surface area contributed by atoms with Crippen molar-refractivity contribution < 1.29 is 14.3 Å². The highest BCUT2D eigenvalue weighted by Gasteiger charge is 2.18. The van der Waals surface area contributed by atoms with Gasteiger partial charge in [0.25, 0.3) is 5.91 Å². The Labute approximate surface area is 158 Å².